The van der Waals surface area contributed by atoms with Crippen LogP contribution in [0.4, 0.5) is 13.2 Å². The van der Waals surface area contributed by atoms with Gasteiger partial charge in [-0.15, -0.1) is 0 Å². The predicted molar refractivity (Wildman–Crippen MR) is 128 cm³/mol. The molecular weight excluding hydrogens is 457 g/mol. The molecule has 1 heterocycles. The molecule has 2 aromatic rings. The summed E-state index contributed by atoms with van der Waals surface area (Å²) < 4.78 is 54.6. The van der Waals surface area contributed by atoms with Crippen molar-refractivity contribution < 1.29 is 32.5 Å². The van der Waals surface area contributed by atoms with Crippen LogP contribution in [-0.4, -0.2) is 23.3 Å². The monoisotopic (exact) mass is 488 g/mol. The van der Waals surface area contributed by atoms with E-state index in [-0.39, 0.29) is 11.1 Å². The lowest BCUT2D eigenvalue weighted by atomic mass is 9.81. The Hall–Kier alpha value is -2.80. The Balaban J connectivity index is 2.06. The zero-order valence-electron chi connectivity index (χ0n) is 20.3. The van der Waals surface area contributed by atoms with Gasteiger partial charge in [0.1, 0.15) is 5.75 Å². The van der Waals surface area contributed by atoms with Gasteiger partial charge in [0.15, 0.2) is 6.10 Å². The molecule has 35 heavy (non-hydrogen) atoms. The molecule has 1 atom stereocenters. The Labute approximate surface area is 203 Å². The van der Waals surface area contributed by atoms with Crippen molar-refractivity contribution in [3.8, 4) is 16.9 Å². The smallest absolute Gasteiger partial charge is 0.416 e. The second kappa shape index (κ2) is 9.69. The van der Waals surface area contributed by atoms with E-state index in [1.54, 1.807) is 32.9 Å². The van der Waals surface area contributed by atoms with Gasteiger partial charge in [0.25, 0.3) is 0 Å². The fourth-order valence-corrected chi connectivity index (χ4v) is 4.90. The minimum Gasteiger partial charge on any atom is -0.493 e. The van der Waals surface area contributed by atoms with Gasteiger partial charge in [0.2, 0.25) is 0 Å². The number of benzene rings is 2. The van der Waals surface area contributed by atoms with E-state index in [9.17, 15) is 23.1 Å². The van der Waals surface area contributed by atoms with Crippen LogP contribution in [0, 0.1) is 0 Å². The zero-order valence-corrected chi connectivity index (χ0v) is 20.3. The lowest BCUT2D eigenvalue weighted by molar-refractivity contribution is -0.163. The number of rotatable bonds is 5. The number of fused-ring (bicyclic) bond motifs is 1. The van der Waals surface area contributed by atoms with E-state index in [4.69, 9.17) is 9.47 Å². The summed E-state index contributed by atoms with van der Waals surface area (Å²) in [5.74, 6) is -0.740. The standard InChI is InChI=1S/C28H31F3O4/c1-27(2,3)35-25(26(32)33)24-21(28(29,30)31)13-12-20(17-8-5-4-6-9-17)23(24)19-11-14-22-18(16-19)10-7-15-34-22/h8,11-14,16,25H,4-7,9-10,15H2,1-3H3,(H,32,33). The van der Waals surface area contributed by atoms with Gasteiger partial charge in [-0.05, 0) is 105 Å². The summed E-state index contributed by atoms with van der Waals surface area (Å²) in [6, 6.07) is 7.84. The Morgan fingerprint density at radius 1 is 1.06 bits per heavy atom. The molecule has 0 bridgehead atoms. The molecule has 0 radical (unpaired) electrons. The van der Waals surface area contributed by atoms with Crippen molar-refractivity contribution in [2.45, 2.75) is 77.2 Å². The van der Waals surface area contributed by atoms with Gasteiger partial charge in [-0.1, -0.05) is 18.2 Å². The van der Waals surface area contributed by atoms with Crippen LogP contribution in [-0.2, 0) is 22.1 Å². The van der Waals surface area contributed by atoms with Gasteiger partial charge < -0.3 is 14.6 Å². The third-order valence-electron chi connectivity index (χ3n) is 6.34. The van der Waals surface area contributed by atoms with Crippen LogP contribution in [0.1, 0.15) is 81.2 Å². The SMILES string of the molecule is CC(C)(C)OC(C(=O)O)c1c(C(F)(F)F)ccc(C2=CCCCC2)c1-c1ccc2c(c1)CCCO2. The predicted octanol–water partition coefficient (Wildman–Crippen LogP) is 7.60. The van der Waals surface area contributed by atoms with E-state index < -0.39 is 29.4 Å². The molecule has 0 saturated heterocycles. The Morgan fingerprint density at radius 3 is 2.46 bits per heavy atom. The topological polar surface area (TPSA) is 55.8 Å². The van der Waals surface area contributed by atoms with E-state index in [1.807, 2.05) is 6.07 Å². The number of allylic oxidation sites excluding steroid dienone is 2. The van der Waals surface area contributed by atoms with Crippen molar-refractivity contribution >= 4 is 11.5 Å². The van der Waals surface area contributed by atoms with Gasteiger partial charge in [-0.25, -0.2) is 4.79 Å². The summed E-state index contributed by atoms with van der Waals surface area (Å²) in [6.45, 7) is 5.51. The molecule has 2 aliphatic rings. The first kappa shape index (κ1) is 25.3. The van der Waals surface area contributed by atoms with E-state index >= 15 is 0 Å². The van der Waals surface area contributed by atoms with Crippen LogP contribution in [0.3, 0.4) is 0 Å². The summed E-state index contributed by atoms with van der Waals surface area (Å²) in [5.41, 5.74) is 0.984. The fourth-order valence-electron chi connectivity index (χ4n) is 4.90. The largest absolute Gasteiger partial charge is 0.493 e. The molecule has 1 aliphatic heterocycles. The summed E-state index contributed by atoms with van der Waals surface area (Å²) in [4.78, 5) is 12.4. The maximum Gasteiger partial charge on any atom is 0.416 e. The Bertz CT molecular complexity index is 1140. The average Bonchev–Trinajstić information content (AvgIpc) is 2.80. The average molecular weight is 489 g/mol. The van der Waals surface area contributed by atoms with Crippen LogP contribution >= 0.6 is 0 Å². The summed E-state index contributed by atoms with van der Waals surface area (Å²) in [5, 5.41) is 10.1. The number of halogens is 3. The maximum absolute atomic E-state index is 14.4. The lowest BCUT2D eigenvalue weighted by Gasteiger charge is -2.30. The highest BCUT2D eigenvalue weighted by Gasteiger charge is 2.41. The number of carboxylic acids is 1. The molecule has 1 unspecified atom stereocenters. The fraction of sp³-hybridized carbons (Fsp3) is 0.464. The molecule has 2 aromatic carbocycles. The van der Waals surface area contributed by atoms with Gasteiger partial charge in [-0.3, -0.25) is 0 Å². The molecule has 0 saturated carbocycles. The maximum atomic E-state index is 14.4. The molecule has 0 aromatic heterocycles. The number of carbonyl (C=O) groups is 1. The minimum absolute atomic E-state index is 0.276. The first-order valence-electron chi connectivity index (χ1n) is 12.1. The molecule has 0 spiro atoms. The van der Waals surface area contributed by atoms with E-state index in [0.717, 1.165) is 55.7 Å². The quantitative estimate of drug-likeness (QED) is 0.471. The second-order valence-corrected chi connectivity index (χ2v) is 10.1. The van der Waals surface area contributed by atoms with E-state index in [2.05, 4.69) is 6.08 Å². The molecule has 0 fully saturated rings. The van der Waals surface area contributed by atoms with Crippen molar-refractivity contribution in [3.63, 3.8) is 0 Å². The molecule has 4 rings (SSSR count). The van der Waals surface area contributed by atoms with E-state index in [1.165, 1.54) is 6.07 Å². The molecular formula is C28H31F3O4. The molecule has 7 heteroatoms. The summed E-state index contributed by atoms with van der Waals surface area (Å²) in [6.07, 6.45) is 0.585. The number of carboxylic acid groups (broad SMARTS) is 1. The van der Waals surface area contributed by atoms with E-state index in [0.29, 0.717) is 23.5 Å². The number of aliphatic carboxylic acids is 1. The second-order valence-electron chi connectivity index (χ2n) is 10.1. The van der Waals surface area contributed by atoms with Crippen LogP contribution in [0.2, 0.25) is 0 Å². The van der Waals surface area contributed by atoms with Gasteiger partial charge in [0.05, 0.1) is 17.8 Å². The Kier molecular flexibility index (Phi) is 7.00. The summed E-state index contributed by atoms with van der Waals surface area (Å²) in [7, 11) is 0. The number of alkyl halides is 3. The van der Waals surface area contributed by atoms with Crippen molar-refractivity contribution in [1.29, 1.82) is 0 Å². The number of hydrogen-bond donors (Lipinski definition) is 1. The third kappa shape index (κ3) is 5.56. The normalized spacial score (nSPS) is 17.3. The Morgan fingerprint density at radius 2 is 1.83 bits per heavy atom. The number of aryl methyl sites for hydroxylation is 1. The molecule has 4 nitrogen and oxygen atoms in total. The first-order chi connectivity index (χ1) is 16.5. The summed E-state index contributed by atoms with van der Waals surface area (Å²) >= 11 is 0. The highest BCUT2D eigenvalue weighted by atomic mass is 19.4. The highest BCUT2D eigenvalue weighted by Crippen LogP contribution is 2.47. The zero-order chi connectivity index (χ0) is 25.4. The van der Waals surface area contributed by atoms with Crippen molar-refractivity contribution in [2.75, 3.05) is 6.61 Å². The van der Waals surface area contributed by atoms with Crippen molar-refractivity contribution in [2.24, 2.45) is 0 Å². The van der Waals surface area contributed by atoms with Crippen molar-refractivity contribution in [3.05, 3.63) is 58.7 Å². The third-order valence-corrected chi connectivity index (χ3v) is 6.34. The molecule has 1 aliphatic carbocycles. The number of hydrogen-bond acceptors (Lipinski definition) is 3. The lowest BCUT2D eigenvalue weighted by Crippen LogP contribution is -2.29. The molecule has 0 amide bonds. The number of ether oxygens (including phenoxy) is 2. The molecule has 1 N–H and O–H groups in total. The first-order valence-corrected chi connectivity index (χ1v) is 12.1. The molecule has 188 valence electrons. The van der Waals surface area contributed by atoms with Crippen LogP contribution in [0.15, 0.2) is 36.4 Å². The van der Waals surface area contributed by atoms with Gasteiger partial charge in [-0.2, -0.15) is 13.2 Å². The minimum atomic E-state index is -4.75. The van der Waals surface area contributed by atoms with Crippen LogP contribution in [0.5, 0.6) is 5.75 Å². The van der Waals surface area contributed by atoms with Crippen molar-refractivity contribution in [1.82, 2.24) is 0 Å². The van der Waals surface area contributed by atoms with Crippen LogP contribution < -0.4 is 4.74 Å². The van der Waals surface area contributed by atoms with Crippen LogP contribution in [0.25, 0.3) is 16.7 Å². The van der Waals surface area contributed by atoms with Gasteiger partial charge >= 0.3 is 12.1 Å². The highest BCUT2D eigenvalue weighted by molar-refractivity contribution is 5.89. The van der Waals surface area contributed by atoms with Gasteiger partial charge in [0, 0.05) is 5.56 Å².